The Morgan fingerprint density at radius 3 is 2.61 bits per heavy atom. The summed E-state index contributed by atoms with van der Waals surface area (Å²) in [7, 11) is 0. The Labute approximate surface area is 167 Å². The highest BCUT2D eigenvalue weighted by atomic mass is 32.1. The van der Waals surface area contributed by atoms with Gasteiger partial charge in [0.2, 0.25) is 0 Å². The second-order valence-electron chi connectivity index (χ2n) is 7.02. The minimum absolute atomic E-state index is 0.0485. The standard InChI is InChI=1S/C21H21N3O3S/c1-14-8-10-24(11-9-14)21(26)15-4-6-16(7-5-15)22-19(25)17-13-28-20(23-17)18-3-2-12-27-18/h2-7,12-14H,8-11H2,1H3,(H,22,25). The van der Waals surface area contributed by atoms with E-state index in [4.69, 9.17) is 4.42 Å². The zero-order valence-electron chi connectivity index (χ0n) is 15.6. The Morgan fingerprint density at radius 2 is 1.93 bits per heavy atom. The third-order valence-corrected chi connectivity index (χ3v) is 5.79. The molecule has 7 heteroatoms. The van der Waals surface area contributed by atoms with Crippen LogP contribution in [0.4, 0.5) is 5.69 Å². The van der Waals surface area contributed by atoms with Crippen molar-refractivity contribution in [2.75, 3.05) is 18.4 Å². The van der Waals surface area contributed by atoms with Gasteiger partial charge in [0.15, 0.2) is 10.8 Å². The van der Waals surface area contributed by atoms with E-state index in [1.807, 2.05) is 4.90 Å². The maximum Gasteiger partial charge on any atom is 0.275 e. The van der Waals surface area contributed by atoms with E-state index in [0.29, 0.717) is 33.6 Å². The number of hydrogen-bond acceptors (Lipinski definition) is 5. The van der Waals surface area contributed by atoms with Gasteiger partial charge in [0.1, 0.15) is 5.69 Å². The molecule has 0 aliphatic carbocycles. The van der Waals surface area contributed by atoms with Crippen molar-refractivity contribution < 1.29 is 14.0 Å². The number of carbonyl (C=O) groups excluding carboxylic acids is 2. The maximum atomic E-state index is 12.6. The van der Waals surface area contributed by atoms with Crippen molar-refractivity contribution in [1.82, 2.24) is 9.88 Å². The molecule has 0 spiro atoms. The van der Waals surface area contributed by atoms with Crippen molar-refractivity contribution >= 4 is 28.8 Å². The van der Waals surface area contributed by atoms with Gasteiger partial charge in [-0.25, -0.2) is 4.98 Å². The molecular weight excluding hydrogens is 374 g/mol. The van der Waals surface area contributed by atoms with E-state index in [-0.39, 0.29) is 11.8 Å². The number of rotatable bonds is 4. The number of aromatic nitrogens is 1. The van der Waals surface area contributed by atoms with Crippen LogP contribution in [0.15, 0.2) is 52.5 Å². The fourth-order valence-electron chi connectivity index (χ4n) is 3.18. The zero-order valence-corrected chi connectivity index (χ0v) is 16.4. The molecule has 3 heterocycles. The van der Waals surface area contributed by atoms with E-state index in [1.54, 1.807) is 48.0 Å². The average Bonchev–Trinajstić information content (AvgIpc) is 3.40. The molecule has 2 aromatic heterocycles. The molecule has 0 saturated carbocycles. The molecule has 1 fully saturated rings. The second-order valence-corrected chi connectivity index (χ2v) is 7.88. The molecule has 28 heavy (non-hydrogen) atoms. The van der Waals surface area contributed by atoms with E-state index < -0.39 is 0 Å². The summed E-state index contributed by atoms with van der Waals surface area (Å²) in [5.41, 5.74) is 1.60. The van der Waals surface area contributed by atoms with Gasteiger partial charge in [0.25, 0.3) is 11.8 Å². The van der Waals surface area contributed by atoms with Gasteiger partial charge in [-0.2, -0.15) is 0 Å². The van der Waals surface area contributed by atoms with Gasteiger partial charge in [0.05, 0.1) is 6.26 Å². The summed E-state index contributed by atoms with van der Waals surface area (Å²) in [6.45, 7) is 3.83. The Kier molecular flexibility index (Phi) is 5.25. The molecule has 1 aliphatic rings. The lowest BCUT2D eigenvalue weighted by molar-refractivity contribution is 0.0697. The monoisotopic (exact) mass is 395 g/mol. The lowest BCUT2D eigenvalue weighted by atomic mass is 9.98. The Hall–Kier alpha value is -2.93. The lowest BCUT2D eigenvalue weighted by Gasteiger charge is -2.30. The van der Waals surface area contributed by atoms with Crippen molar-refractivity contribution in [1.29, 1.82) is 0 Å². The van der Waals surface area contributed by atoms with Crippen molar-refractivity contribution in [3.8, 4) is 10.8 Å². The molecule has 0 radical (unpaired) electrons. The highest BCUT2D eigenvalue weighted by Gasteiger charge is 2.21. The highest BCUT2D eigenvalue weighted by Crippen LogP contribution is 2.24. The predicted octanol–water partition coefficient (Wildman–Crippen LogP) is 4.53. The number of carbonyl (C=O) groups is 2. The molecule has 0 atom stereocenters. The summed E-state index contributed by atoms with van der Waals surface area (Å²) in [6, 6.07) is 10.6. The van der Waals surface area contributed by atoms with Crippen LogP contribution in [0.1, 0.15) is 40.6 Å². The van der Waals surface area contributed by atoms with Crippen LogP contribution < -0.4 is 5.32 Å². The molecule has 144 valence electrons. The Balaban J connectivity index is 1.39. The number of benzene rings is 1. The third-order valence-electron chi connectivity index (χ3n) is 4.93. The fraction of sp³-hybridized carbons (Fsp3) is 0.286. The van der Waals surface area contributed by atoms with Crippen molar-refractivity contribution in [2.24, 2.45) is 5.92 Å². The quantitative estimate of drug-likeness (QED) is 0.704. The molecule has 3 aromatic rings. The number of piperidine rings is 1. The molecular formula is C21H21N3O3S. The van der Waals surface area contributed by atoms with Gasteiger partial charge in [-0.15, -0.1) is 11.3 Å². The molecule has 0 unspecified atom stereocenters. The molecule has 1 aromatic carbocycles. The summed E-state index contributed by atoms with van der Waals surface area (Å²) in [5.74, 6) is 1.07. The Morgan fingerprint density at radius 1 is 1.18 bits per heavy atom. The molecule has 4 rings (SSSR count). The smallest absolute Gasteiger partial charge is 0.275 e. The number of amides is 2. The van der Waals surface area contributed by atoms with E-state index in [1.165, 1.54) is 11.3 Å². The zero-order chi connectivity index (χ0) is 19.5. The van der Waals surface area contributed by atoms with Gasteiger partial charge >= 0.3 is 0 Å². The highest BCUT2D eigenvalue weighted by molar-refractivity contribution is 7.13. The topological polar surface area (TPSA) is 75.4 Å². The van der Waals surface area contributed by atoms with Gasteiger partial charge in [-0.05, 0) is 55.2 Å². The van der Waals surface area contributed by atoms with Crippen LogP contribution in [0.25, 0.3) is 10.8 Å². The first-order valence-corrected chi connectivity index (χ1v) is 10.2. The van der Waals surface area contributed by atoms with Crippen molar-refractivity contribution in [3.63, 3.8) is 0 Å². The summed E-state index contributed by atoms with van der Waals surface area (Å²) in [6.07, 6.45) is 3.67. The summed E-state index contributed by atoms with van der Waals surface area (Å²) in [4.78, 5) is 31.2. The van der Waals surface area contributed by atoms with E-state index >= 15 is 0 Å². The maximum absolute atomic E-state index is 12.6. The number of nitrogens with one attached hydrogen (secondary N) is 1. The molecule has 0 bridgehead atoms. The second kappa shape index (κ2) is 7.98. The molecule has 1 aliphatic heterocycles. The molecule has 1 saturated heterocycles. The number of thiazole rings is 1. The van der Waals surface area contributed by atoms with E-state index in [9.17, 15) is 9.59 Å². The van der Waals surface area contributed by atoms with Crippen LogP contribution in [0, 0.1) is 5.92 Å². The van der Waals surface area contributed by atoms with Crippen LogP contribution in [0.5, 0.6) is 0 Å². The number of likely N-dealkylation sites (tertiary alicyclic amines) is 1. The minimum Gasteiger partial charge on any atom is -0.462 e. The normalized spacial score (nSPS) is 14.8. The van der Waals surface area contributed by atoms with Crippen LogP contribution in [-0.4, -0.2) is 34.8 Å². The molecule has 1 N–H and O–H groups in total. The summed E-state index contributed by atoms with van der Waals surface area (Å²) < 4.78 is 5.30. The van der Waals surface area contributed by atoms with Gasteiger partial charge in [-0.3, -0.25) is 9.59 Å². The van der Waals surface area contributed by atoms with Gasteiger partial charge < -0.3 is 14.6 Å². The number of furan rings is 1. The Bertz CT molecular complexity index is 955. The minimum atomic E-state index is -0.293. The first kappa shape index (κ1) is 18.4. The van der Waals surface area contributed by atoms with Crippen LogP contribution in [0.3, 0.4) is 0 Å². The first-order chi connectivity index (χ1) is 13.6. The number of nitrogens with zero attached hydrogens (tertiary/aromatic N) is 2. The predicted molar refractivity (Wildman–Crippen MR) is 109 cm³/mol. The van der Waals surface area contributed by atoms with Crippen LogP contribution >= 0.6 is 11.3 Å². The summed E-state index contributed by atoms with van der Waals surface area (Å²) in [5, 5.41) is 5.17. The molecule has 2 amide bonds. The summed E-state index contributed by atoms with van der Waals surface area (Å²) >= 11 is 1.35. The fourth-order valence-corrected chi connectivity index (χ4v) is 3.94. The molecule has 6 nitrogen and oxygen atoms in total. The third kappa shape index (κ3) is 3.99. The van der Waals surface area contributed by atoms with Crippen LogP contribution in [-0.2, 0) is 0 Å². The number of anilines is 1. The van der Waals surface area contributed by atoms with Gasteiger partial charge in [0, 0.05) is 29.7 Å². The van der Waals surface area contributed by atoms with Crippen molar-refractivity contribution in [3.05, 3.63) is 59.3 Å². The van der Waals surface area contributed by atoms with E-state index in [0.717, 1.165) is 25.9 Å². The largest absolute Gasteiger partial charge is 0.462 e. The van der Waals surface area contributed by atoms with Crippen LogP contribution in [0.2, 0.25) is 0 Å². The first-order valence-electron chi connectivity index (χ1n) is 9.30. The van der Waals surface area contributed by atoms with Gasteiger partial charge in [-0.1, -0.05) is 6.92 Å². The van der Waals surface area contributed by atoms with E-state index in [2.05, 4.69) is 17.2 Å². The van der Waals surface area contributed by atoms with Crippen molar-refractivity contribution in [2.45, 2.75) is 19.8 Å². The average molecular weight is 395 g/mol. The SMILES string of the molecule is CC1CCN(C(=O)c2ccc(NC(=O)c3csc(-c4ccco4)n3)cc2)CC1. The number of hydrogen-bond donors (Lipinski definition) is 1. The lowest BCUT2D eigenvalue weighted by Crippen LogP contribution is -2.37.